The molecule has 10 aliphatic heterocycles. The van der Waals surface area contributed by atoms with Gasteiger partial charge in [-0.2, -0.15) is 0 Å². The second-order valence-electron chi connectivity index (χ2n) is 41.0. The highest BCUT2D eigenvalue weighted by Crippen LogP contribution is 2.41. The van der Waals surface area contributed by atoms with Crippen molar-refractivity contribution in [3.63, 3.8) is 0 Å². The molecule has 5 aromatic rings. The van der Waals surface area contributed by atoms with Crippen LogP contribution in [0.15, 0.2) is 80.2 Å². The number of piperazine rings is 5. The van der Waals surface area contributed by atoms with Crippen LogP contribution in [0.4, 0.5) is 34.1 Å². The average Bonchev–Trinajstić information content (AvgIpc) is 0.799. The second-order valence-corrected chi connectivity index (χ2v) is 41.0. The molecule has 0 saturated carbocycles. The number of imide groups is 5. The van der Waals surface area contributed by atoms with Crippen LogP contribution in [-0.2, 0) is 47.9 Å². The minimum Gasteiger partial charge on any atom is -0.505 e. The first-order valence-corrected chi connectivity index (χ1v) is 50.6. The molecule has 0 aliphatic carbocycles. The van der Waals surface area contributed by atoms with Gasteiger partial charge in [0.2, 0.25) is 88.8 Å². The van der Waals surface area contributed by atoms with Gasteiger partial charge in [-0.15, -0.1) is 0 Å². The zero-order valence-electron chi connectivity index (χ0n) is 83.5. The molecule has 0 spiro atoms. The van der Waals surface area contributed by atoms with Crippen LogP contribution >= 0.6 is 0 Å². The van der Waals surface area contributed by atoms with Gasteiger partial charge in [0.25, 0.3) is 0 Å². The number of carbonyl (C=O) groups is 10. The van der Waals surface area contributed by atoms with E-state index >= 15 is 0 Å². The second kappa shape index (κ2) is 52.0. The molecule has 752 valence electrons. The zero-order valence-corrected chi connectivity index (χ0v) is 83.5. The Labute approximate surface area is 810 Å². The van der Waals surface area contributed by atoms with E-state index in [1.165, 1.54) is 49.3 Å². The molecule has 0 aromatic carbocycles. The largest absolute Gasteiger partial charge is 0.505 e. The third kappa shape index (κ3) is 32.9. The summed E-state index contributed by atoms with van der Waals surface area (Å²) in [5.41, 5.74) is -0.800. The van der Waals surface area contributed by atoms with Gasteiger partial charge in [-0.3, -0.25) is 96.9 Å². The molecule has 36 nitrogen and oxygen atoms in total. The summed E-state index contributed by atoms with van der Waals surface area (Å²) in [6.07, 6.45) is 34.7. The van der Waals surface area contributed by atoms with E-state index in [0.29, 0.717) is 109 Å². The molecule has 5 aromatic heterocycles. The number of unbranched alkanes of at least 4 members (excludes halogenated alkanes) is 5. The molecule has 15 heterocycles. The van der Waals surface area contributed by atoms with E-state index in [-0.39, 0.29) is 91.9 Å². The van der Waals surface area contributed by atoms with Gasteiger partial charge in [-0.1, -0.05) is 75.7 Å². The predicted octanol–water partition coefficient (Wildman–Crippen LogP) is 9.57. The first kappa shape index (κ1) is 107. The standard InChI is InChI=1S/2C21H33N5O2.C20H31N5O2.C19H28FN5O2.C19H29N5O3/c1-3-7-21(2)16-18(27)26(19(28)17-21)11-5-4-10-24-12-14-25(15-13-24)20-22-8-6-9-23-20;1-3-21(4-2)16-18(27)26(19(28)17-21)11-6-5-10-24-12-14-25(15-13-24)20-22-8-7-9-23-20;1-3-20(2)15-17(26)25(18(27)16-20)10-5-4-9-23-11-13-24(14-12-23)19-21-7-6-8-22-19;1-19(2)11-16(26)25(17(27)12-19)6-4-3-5-23-7-9-24(10-8-23)18-21-13-15(20)14-22-18;1-19(2)11-16(26)24(17(27)12-19)6-4-3-5-22-7-9-23(10-8-22)18-20-13-15(25)14-21-18/h6,8-9H,3-5,7,10-17H2,1-2H3;7-9H,3-6,10-17H2,1-2H3;6-8H,3-5,9-16H2,1-2H3;13-14H,3-12H2,1-2H3;13-14,25H,3-12H2,1-2H3. The van der Waals surface area contributed by atoms with Crippen LogP contribution in [0.3, 0.4) is 0 Å². The number of likely N-dealkylation sites (tertiary alicyclic amines) is 5. The fraction of sp³-hybridized carbons (Fsp3) is 0.700. The minimum absolute atomic E-state index is 0.00655. The van der Waals surface area contributed by atoms with E-state index in [1.54, 1.807) is 37.2 Å². The summed E-state index contributed by atoms with van der Waals surface area (Å²) in [4.78, 5) is 196. The maximum atomic E-state index is 12.9. The van der Waals surface area contributed by atoms with Gasteiger partial charge in [0, 0.05) is 265 Å². The molecular formula is C100H154FN25O11. The number of aromatic hydroxyl groups is 1. The summed E-state index contributed by atoms with van der Waals surface area (Å²) in [5.74, 6) is 3.25. The molecule has 10 fully saturated rings. The van der Waals surface area contributed by atoms with Gasteiger partial charge in [0.15, 0.2) is 11.6 Å². The van der Waals surface area contributed by atoms with Gasteiger partial charge < -0.3 is 29.6 Å². The number of halogens is 1. The summed E-state index contributed by atoms with van der Waals surface area (Å²) in [6.45, 7) is 46.6. The highest BCUT2D eigenvalue weighted by Gasteiger charge is 2.45. The molecule has 1 N–H and O–H groups in total. The third-order valence-electron chi connectivity index (χ3n) is 28.8. The number of piperidine rings is 5. The van der Waals surface area contributed by atoms with Crippen molar-refractivity contribution >= 4 is 88.8 Å². The van der Waals surface area contributed by atoms with Gasteiger partial charge in [0.05, 0.1) is 24.8 Å². The fourth-order valence-electron chi connectivity index (χ4n) is 19.9. The van der Waals surface area contributed by atoms with Crippen molar-refractivity contribution in [3.8, 4) is 5.75 Å². The predicted molar refractivity (Wildman–Crippen MR) is 523 cm³/mol. The quantitative estimate of drug-likeness (QED) is 0.0291. The van der Waals surface area contributed by atoms with Crippen molar-refractivity contribution in [2.45, 2.75) is 230 Å². The minimum atomic E-state index is -0.424. The number of amides is 10. The first-order valence-electron chi connectivity index (χ1n) is 50.6. The van der Waals surface area contributed by atoms with Gasteiger partial charge in [-0.25, -0.2) is 54.2 Å². The summed E-state index contributed by atoms with van der Waals surface area (Å²) < 4.78 is 12.9. The van der Waals surface area contributed by atoms with Crippen molar-refractivity contribution in [2.24, 2.45) is 27.1 Å². The zero-order chi connectivity index (χ0) is 98.1. The average molecular weight is 1900 g/mol. The number of nitrogens with zero attached hydrogens (tertiary/aromatic N) is 25. The van der Waals surface area contributed by atoms with Gasteiger partial charge >= 0.3 is 0 Å². The normalized spacial score (nSPS) is 20.8. The summed E-state index contributed by atoms with van der Waals surface area (Å²) in [5, 5.41) is 9.27. The lowest BCUT2D eigenvalue weighted by atomic mass is 9.73. The van der Waals surface area contributed by atoms with E-state index in [4.69, 9.17) is 0 Å². The number of aromatic nitrogens is 10. The molecule has 0 unspecified atom stereocenters. The summed E-state index contributed by atoms with van der Waals surface area (Å²) >= 11 is 0. The lowest BCUT2D eigenvalue weighted by Crippen LogP contribution is -2.48. The molecular weight excluding hydrogens is 1750 g/mol. The van der Waals surface area contributed by atoms with Crippen LogP contribution in [0, 0.1) is 32.9 Å². The summed E-state index contributed by atoms with van der Waals surface area (Å²) in [6, 6.07) is 5.50. The highest BCUT2D eigenvalue weighted by atomic mass is 19.1. The number of rotatable bonds is 35. The Hall–Kier alpha value is -10.4. The van der Waals surface area contributed by atoms with E-state index in [1.807, 2.05) is 52.8 Å². The van der Waals surface area contributed by atoms with Crippen LogP contribution < -0.4 is 24.5 Å². The topological polar surface area (TPSA) is 368 Å². The van der Waals surface area contributed by atoms with Crippen LogP contribution in [-0.4, -0.2) is 359 Å². The molecule has 15 rings (SSSR count). The smallest absolute Gasteiger partial charge is 0.229 e. The Morgan fingerprint density at radius 2 is 0.482 bits per heavy atom. The Balaban J connectivity index is 0.000000164. The number of anilines is 5. The number of hydrogen-bond donors (Lipinski definition) is 1. The highest BCUT2D eigenvalue weighted by molar-refractivity contribution is 6.01. The number of hydrogen-bond acceptors (Lipinski definition) is 31. The summed E-state index contributed by atoms with van der Waals surface area (Å²) in [7, 11) is 0. The molecule has 10 aliphatic rings. The molecule has 0 atom stereocenters. The van der Waals surface area contributed by atoms with Crippen LogP contribution in [0.25, 0.3) is 0 Å². The van der Waals surface area contributed by atoms with E-state index < -0.39 is 5.82 Å². The van der Waals surface area contributed by atoms with Crippen molar-refractivity contribution in [3.05, 3.63) is 86.0 Å². The molecule has 0 bridgehead atoms. The van der Waals surface area contributed by atoms with E-state index in [0.717, 1.165) is 278 Å². The lowest BCUT2D eigenvalue weighted by molar-refractivity contribution is -0.155. The SMILES string of the molecule is CC1(C)CC(=O)N(CCCCN2CCN(c3ncc(F)cn3)CC2)C(=O)C1.CC1(C)CC(=O)N(CCCCN2CCN(c3ncc(O)cn3)CC2)C(=O)C1.CCC1(C)CC(=O)N(CCCCN2CCN(c3ncccn3)CC2)C(=O)C1.CCC1(CC)CC(=O)N(CCCCN2CCN(c3ncccn3)CC2)C(=O)C1.CCCC1(C)CC(=O)N(CCCCN2CCN(c3ncccn3)CC2)C(=O)C1. The molecule has 10 amide bonds. The van der Waals surface area contributed by atoms with Crippen molar-refractivity contribution in [1.29, 1.82) is 0 Å². The molecule has 37 heteroatoms. The van der Waals surface area contributed by atoms with Crippen molar-refractivity contribution in [2.75, 3.05) is 221 Å². The molecule has 10 saturated heterocycles. The van der Waals surface area contributed by atoms with E-state index in [2.05, 4.69) is 133 Å². The Morgan fingerprint density at radius 1 is 0.270 bits per heavy atom. The fourth-order valence-corrected chi connectivity index (χ4v) is 19.9. The molecule has 0 radical (unpaired) electrons. The Kier molecular flexibility index (Phi) is 40.7. The Bertz CT molecular complexity index is 4430. The van der Waals surface area contributed by atoms with Crippen molar-refractivity contribution < 1.29 is 57.4 Å². The van der Waals surface area contributed by atoms with E-state index in [9.17, 15) is 57.4 Å². The van der Waals surface area contributed by atoms with Gasteiger partial charge in [-0.05, 0) is 168 Å². The Morgan fingerprint density at radius 3 is 0.715 bits per heavy atom. The maximum absolute atomic E-state index is 12.9. The van der Waals surface area contributed by atoms with Crippen molar-refractivity contribution in [1.82, 2.24) is 98.8 Å². The lowest BCUT2D eigenvalue weighted by Gasteiger charge is -2.39. The van der Waals surface area contributed by atoms with Gasteiger partial charge in [0.1, 0.15) is 0 Å². The van der Waals surface area contributed by atoms with Crippen LogP contribution in [0.5, 0.6) is 5.75 Å². The molecule has 137 heavy (non-hydrogen) atoms. The monoisotopic (exact) mass is 1900 g/mol. The maximum Gasteiger partial charge on any atom is 0.229 e. The third-order valence-corrected chi connectivity index (χ3v) is 28.8. The van der Waals surface area contributed by atoms with Crippen LogP contribution in [0.1, 0.15) is 230 Å². The first-order chi connectivity index (χ1) is 65.8. The number of carbonyl (C=O) groups excluding carboxylic acids is 10. The van der Waals surface area contributed by atoms with Crippen LogP contribution in [0.2, 0.25) is 0 Å².